The van der Waals surface area contributed by atoms with Crippen molar-refractivity contribution in [2.24, 2.45) is 5.92 Å². The Morgan fingerprint density at radius 2 is 1.43 bits per heavy atom. The molecule has 1 aliphatic heterocycles. The van der Waals surface area contributed by atoms with Crippen molar-refractivity contribution in [3.05, 3.63) is 88.2 Å². The molecule has 1 saturated heterocycles. The fourth-order valence-electron chi connectivity index (χ4n) is 4.11. The fourth-order valence-corrected chi connectivity index (χ4v) is 4.11. The van der Waals surface area contributed by atoms with Crippen molar-refractivity contribution in [3.63, 3.8) is 0 Å². The number of halogens is 7. The smallest absolute Gasteiger partial charge is 0.429 e. The van der Waals surface area contributed by atoms with Gasteiger partial charge in [0.2, 0.25) is 0 Å². The quantitative estimate of drug-likeness (QED) is 0.291. The Hall–Kier alpha value is -3.11. The summed E-state index contributed by atoms with van der Waals surface area (Å²) in [4.78, 5) is 0. The second kappa shape index (κ2) is 10.7. The first-order valence-corrected chi connectivity index (χ1v) is 11.5. The molecule has 0 amide bonds. The van der Waals surface area contributed by atoms with Gasteiger partial charge in [-0.15, -0.1) is 0 Å². The maximum absolute atomic E-state index is 14.9. The molecule has 0 spiro atoms. The highest BCUT2D eigenvalue weighted by atomic mass is 19.3. The summed E-state index contributed by atoms with van der Waals surface area (Å²) in [6, 6.07) is 5.75. The normalized spacial score (nSPS) is 18.2. The van der Waals surface area contributed by atoms with Crippen LogP contribution in [-0.4, -0.2) is 13.2 Å². The third-order valence-electron chi connectivity index (χ3n) is 6.07. The van der Waals surface area contributed by atoms with Gasteiger partial charge in [0.1, 0.15) is 40.4 Å². The van der Waals surface area contributed by atoms with Crippen LogP contribution in [0.5, 0.6) is 5.75 Å². The lowest BCUT2D eigenvalue weighted by Crippen LogP contribution is -2.27. The van der Waals surface area contributed by atoms with Gasteiger partial charge in [-0.3, -0.25) is 0 Å². The summed E-state index contributed by atoms with van der Waals surface area (Å²) in [6.45, 7) is 4.00. The van der Waals surface area contributed by atoms with E-state index in [2.05, 4.69) is 4.74 Å². The summed E-state index contributed by atoms with van der Waals surface area (Å²) in [5, 5.41) is 0. The van der Waals surface area contributed by atoms with E-state index in [1.165, 1.54) is 12.1 Å². The molecule has 0 N–H and O–H groups in total. The van der Waals surface area contributed by atoms with Gasteiger partial charge in [0.15, 0.2) is 6.29 Å². The second-order valence-electron chi connectivity index (χ2n) is 8.84. The van der Waals surface area contributed by atoms with E-state index in [4.69, 9.17) is 9.47 Å². The molecule has 0 atom stereocenters. The lowest BCUT2D eigenvalue weighted by atomic mass is 10.00. The van der Waals surface area contributed by atoms with Gasteiger partial charge in [-0.2, -0.15) is 8.78 Å². The maximum Gasteiger partial charge on any atom is 0.432 e. The Morgan fingerprint density at radius 1 is 0.838 bits per heavy atom. The van der Waals surface area contributed by atoms with E-state index in [1.807, 2.05) is 6.92 Å². The molecule has 0 aromatic heterocycles. The number of alkyl halides is 2. The van der Waals surface area contributed by atoms with Gasteiger partial charge in [0, 0.05) is 34.7 Å². The molecule has 3 aromatic carbocycles. The van der Waals surface area contributed by atoms with E-state index in [1.54, 1.807) is 0 Å². The minimum Gasteiger partial charge on any atom is -0.429 e. The van der Waals surface area contributed by atoms with Gasteiger partial charge in [-0.05, 0) is 37.1 Å². The largest absolute Gasteiger partial charge is 0.432 e. The monoisotopic (exact) mass is 528 g/mol. The molecule has 1 heterocycles. The lowest BCUT2D eigenvalue weighted by molar-refractivity contribution is -0.206. The second-order valence-corrected chi connectivity index (χ2v) is 8.84. The van der Waals surface area contributed by atoms with E-state index >= 15 is 0 Å². The van der Waals surface area contributed by atoms with Crippen LogP contribution in [0.1, 0.15) is 42.7 Å². The molecule has 1 aliphatic rings. The highest BCUT2D eigenvalue weighted by Gasteiger charge is 2.41. The lowest BCUT2D eigenvalue weighted by Gasteiger charge is -2.29. The predicted octanol–water partition coefficient (Wildman–Crippen LogP) is 7.95. The number of rotatable bonds is 7. The minimum atomic E-state index is -4.63. The first-order valence-electron chi connectivity index (χ1n) is 11.5. The average molecular weight is 528 g/mol. The zero-order valence-corrected chi connectivity index (χ0v) is 19.9. The molecule has 3 nitrogen and oxygen atoms in total. The van der Waals surface area contributed by atoms with Crippen LogP contribution in [0, 0.1) is 41.9 Å². The van der Waals surface area contributed by atoms with E-state index < -0.39 is 58.4 Å². The molecule has 0 saturated carbocycles. The zero-order valence-electron chi connectivity index (χ0n) is 19.9. The molecule has 0 bridgehead atoms. The predicted molar refractivity (Wildman–Crippen MR) is 120 cm³/mol. The highest BCUT2D eigenvalue weighted by molar-refractivity contribution is 5.65. The number of benzene rings is 3. The molecule has 0 unspecified atom stereocenters. The summed E-state index contributed by atoms with van der Waals surface area (Å²) in [5.74, 6) is -7.43. The molecule has 3 aromatic rings. The minimum absolute atomic E-state index is 0.237. The van der Waals surface area contributed by atoms with Gasteiger partial charge in [0.25, 0.3) is 0 Å². The van der Waals surface area contributed by atoms with Gasteiger partial charge in [-0.25, -0.2) is 22.0 Å². The average Bonchev–Trinajstić information content (AvgIpc) is 2.82. The number of hydrogen-bond acceptors (Lipinski definition) is 3. The first kappa shape index (κ1) is 26.9. The third-order valence-corrected chi connectivity index (χ3v) is 6.07. The van der Waals surface area contributed by atoms with E-state index in [-0.39, 0.29) is 17.0 Å². The molecule has 0 radical (unpaired) electrons. The Morgan fingerprint density at radius 3 is 1.97 bits per heavy atom. The molecule has 0 aliphatic carbocycles. The topological polar surface area (TPSA) is 27.7 Å². The van der Waals surface area contributed by atoms with Crippen molar-refractivity contribution in [2.45, 2.75) is 39.1 Å². The SMILES string of the molecule is CCCC1COC(c2ccc(-c3cc(F)c(C(F)(F)Oc4cc(F)c(C)c(F)c4)c(F)c3)c(F)c2)OC1. The van der Waals surface area contributed by atoms with E-state index in [9.17, 15) is 30.7 Å². The van der Waals surface area contributed by atoms with Crippen molar-refractivity contribution >= 4 is 0 Å². The Kier molecular flexibility index (Phi) is 7.80. The van der Waals surface area contributed by atoms with Crippen LogP contribution in [0.3, 0.4) is 0 Å². The molecular weight excluding hydrogens is 505 g/mol. The summed E-state index contributed by atoms with van der Waals surface area (Å²) in [6.07, 6.45) is -3.54. The Labute approximate surface area is 208 Å². The maximum atomic E-state index is 14.9. The van der Waals surface area contributed by atoms with Gasteiger partial charge in [-0.1, -0.05) is 25.5 Å². The Balaban J connectivity index is 1.57. The van der Waals surface area contributed by atoms with Crippen LogP contribution in [0.25, 0.3) is 11.1 Å². The van der Waals surface area contributed by atoms with Crippen LogP contribution in [0.2, 0.25) is 0 Å². The van der Waals surface area contributed by atoms with Gasteiger partial charge < -0.3 is 14.2 Å². The number of ether oxygens (including phenoxy) is 3. The molecule has 198 valence electrons. The van der Waals surface area contributed by atoms with Crippen LogP contribution < -0.4 is 4.74 Å². The Bertz CT molecular complexity index is 1240. The van der Waals surface area contributed by atoms with Gasteiger partial charge >= 0.3 is 6.11 Å². The summed E-state index contributed by atoms with van der Waals surface area (Å²) in [5.41, 5.74) is -2.47. The van der Waals surface area contributed by atoms with Crippen molar-refractivity contribution in [1.29, 1.82) is 0 Å². The summed E-state index contributed by atoms with van der Waals surface area (Å²) >= 11 is 0. The summed E-state index contributed by atoms with van der Waals surface area (Å²) < 4.78 is 116. The van der Waals surface area contributed by atoms with Gasteiger partial charge in [0.05, 0.1) is 13.2 Å². The van der Waals surface area contributed by atoms with Crippen LogP contribution in [0.15, 0.2) is 42.5 Å². The van der Waals surface area contributed by atoms with Crippen LogP contribution >= 0.6 is 0 Å². The van der Waals surface area contributed by atoms with Crippen LogP contribution in [0.4, 0.5) is 30.7 Å². The summed E-state index contributed by atoms with van der Waals surface area (Å²) in [7, 11) is 0. The van der Waals surface area contributed by atoms with Crippen molar-refractivity contribution in [2.75, 3.05) is 13.2 Å². The van der Waals surface area contributed by atoms with Crippen LogP contribution in [-0.2, 0) is 15.6 Å². The standard InChI is InChI=1S/C27H23F7O3/c1-3-4-15-12-35-26(36-13-15)16-5-6-19(22(30)7-16)17-8-23(31)25(24(32)9-17)27(33,34)37-18-10-20(28)14(2)21(29)11-18/h5-11,15,26H,3-4,12-13H2,1-2H3. The van der Waals surface area contributed by atoms with Crippen molar-refractivity contribution < 1.29 is 44.9 Å². The first-order chi connectivity index (χ1) is 17.5. The molecular formula is C27H23F7O3. The number of hydrogen-bond donors (Lipinski definition) is 0. The molecule has 1 fully saturated rings. The highest BCUT2D eigenvalue weighted by Crippen LogP contribution is 2.38. The zero-order chi connectivity index (χ0) is 26.9. The molecule has 10 heteroatoms. The van der Waals surface area contributed by atoms with Crippen molar-refractivity contribution in [3.8, 4) is 16.9 Å². The molecule has 4 rings (SSSR count). The third kappa shape index (κ3) is 5.75. The fraction of sp³-hybridized carbons (Fsp3) is 0.333. The van der Waals surface area contributed by atoms with E-state index in [0.29, 0.717) is 43.0 Å². The molecule has 37 heavy (non-hydrogen) atoms. The van der Waals surface area contributed by atoms with E-state index in [0.717, 1.165) is 25.8 Å². The van der Waals surface area contributed by atoms with Crippen molar-refractivity contribution in [1.82, 2.24) is 0 Å².